The van der Waals surface area contributed by atoms with Crippen LogP contribution in [-0.4, -0.2) is 17.5 Å². The summed E-state index contributed by atoms with van der Waals surface area (Å²) in [5.41, 5.74) is 6.80. The Kier molecular flexibility index (Phi) is 7.27. The fraction of sp³-hybridized carbons (Fsp3) is 0. The molecule has 0 bridgehead atoms. The first-order chi connectivity index (χ1) is 11.5. The highest BCUT2D eigenvalue weighted by Gasteiger charge is 1.98. The molecule has 0 saturated carbocycles. The molecule has 0 aliphatic rings. The number of rotatable bonds is 4. The maximum absolute atomic E-state index is 5.91. The summed E-state index contributed by atoms with van der Waals surface area (Å²) in [7, 11) is 0. The first kappa shape index (κ1) is 19.0. The zero-order valence-corrected chi connectivity index (χ0v) is 15.8. The summed E-state index contributed by atoms with van der Waals surface area (Å²) in [6.07, 6.45) is 3.11. The molecule has 0 amide bonds. The van der Waals surface area contributed by atoms with E-state index < -0.39 is 0 Å². The van der Waals surface area contributed by atoms with E-state index in [0.29, 0.717) is 20.1 Å². The van der Waals surface area contributed by atoms with Gasteiger partial charge in [0.05, 0.1) is 32.5 Å². The number of nitrogens with zero attached hydrogens (tertiary/aromatic N) is 2. The van der Waals surface area contributed by atoms with Gasteiger partial charge in [0, 0.05) is 0 Å². The highest BCUT2D eigenvalue weighted by Crippen LogP contribution is 2.22. The number of thiocarbonyl (C=S) groups is 1. The SMILES string of the molecule is S=C(N/N=C/c1ccc(Cl)c(Cl)c1)N/N=C/c1ccc(Cl)c(Cl)c1. The lowest BCUT2D eigenvalue weighted by atomic mass is 10.2. The Bertz CT molecular complexity index is 743. The minimum Gasteiger partial charge on any atom is -0.252 e. The molecule has 0 radical (unpaired) electrons. The van der Waals surface area contributed by atoms with Gasteiger partial charge in [-0.15, -0.1) is 0 Å². The number of hydrogen-bond acceptors (Lipinski definition) is 3. The second-order valence-corrected chi connectivity index (χ2v) is 6.45. The first-order valence-electron chi connectivity index (χ1n) is 6.48. The smallest absolute Gasteiger partial charge is 0.207 e. The van der Waals surface area contributed by atoms with Gasteiger partial charge >= 0.3 is 0 Å². The Hall–Kier alpha value is -1.37. The lowest BCUT2D eigenvalue weighted by Crippen LogP contribution is -2.28. The summed E-state index contributed by atoms with van der Waals surface area (Å²) < 4.78 is 0. The van der Waals surface area contributed by atoms with Gasteiger partial charge in [-0.3, -0.25) is 10.9 Å². The molecule has 0 saturated heterocycles. The third-order valence-electron chi connectivity index (χ3n) is 2.65. The fourth-order valence-corrected chi connectivity index (χ4v) is 2.26. The summed E-state index contributed by atoms with van der Waals surface area (Å²) >= 11 is 28.5. The molecule has 0 aromatic heterocycles. The molecule has 2 aromatic carbocycles. The molecule has 9 heteroatoms. The molecule has 2 rings (SSSR count). The summed E-state index contributed by atoms with van der Waals surface area (Å²) in [5, 5.41) is 10.0. The molecule has 24 heavy (non-hydrogen) atoms. The van der Waals surface area contributed by atoms with E-state index in [1.54, 1.807) is 48.8 Å². The van der Waals surface area contributed by atoms with Crippen molar-refractivity contribution in [2.24, 2.45) is 10.2 Å². The number of hydrazone groups is 2. The van der Waals surface area contributed by atoms with Gasteiger partial charge in [0.2, 0.25) is 5.11 Å². The Labute approximate surface area is 164 Å². The molecular weight excluding hydrogens is 410 g/mol. The molecule has 0 unspecified atom stereocenters. The van der Waals surface area contributed by atoms with E-state index in [1.165, 1.54) is 0 Å². The number of halogens is 4. The molecule has 0 heterocycles. The minimum atomic E-state index is 0.225. The van der Waals surface area contributed by atoms with Crippen LogP contribution in [0.5, 0.6) is 0 Å². The second-order valence-electron chi connectivity index (χ2n) is 4.42. The summed E-state index contributed by atoms with van der Waals surface area (Å²) in [4.78, 5) is 0. The van der Waals surface area contributed by atoms with E-state index in [2.05, 4.69) is 21.1 Å². The molecule has 0 fully saturated rings. The van der Waals surface area contributed by atoms with Crippen molar-refractivity contribution < 1.29 is 0 Å². The minimum absolute atomic E-state index is 0.225. The predicted molar refractivity (Wildman–Crippen MR) is 107 cm³/mol. The van der Waals surface area contributed by atoms with Gasteiger partial charge in [-0.25, -0.2) is 0 Å². The van der Waals surface area contributed by atoms with Crippen molar-refractivity contribution in [1.29, 1.82) is 0 Å². The Balaban J connectivity index is 1.84. The Morgan fingerprint density at radius 1 is 0.750 bits per heavy atom. The van der Waals surface area contributed by atoms with Gasteiger partial charge in [-0.1, -0.05) is 58.5 Å². The summed E-state index contributed by atoms with van der Waals surface area (Å²) in [6.45, 7) is 0. The van der Waals surface area contributed by atoms with Gasteiger partial charge in [0.25, 0.3) is 0 Å². The second kappa shape index (κ2) is 9.20. The zero-order chi connectivity index (χ0) is 17.5. The van der Waals surface area contributed by atoms with Gasteiger partial charge in [-0.05, 0) is 47.6 Å². The van der Waals surface area contributed by atoms with Crippen LogP contribution in [0.15, 0.2) is 46.6 Å². The third-order valence-corrected chi connectivity index (χ3v) is 4.31. The van der Waals surface area contributed by atoms with Crippen LogP contribution in [0, 0.1) is 0 Å². The van der Waals surface area contributed by atoms with E-state index in [0.717, 1.165) is 11.1 Å². The van der Waals surface area contributed by atoms with E-state index in [-0.39, 0.29) is 5.11 Å². The molecule has 0 spiro atoms. The van der Waals surface area contributed by atoms with Crippen LogP contribution in [0.3, 0.4) is 0 Å². The van der Waals surface area contributed by atoms with Gasteiger partial charge in [-0.2, -0.15) is 10.2 Å². The fourth-order valence-electron chi connectivity index (χ4n) is 1.54. The number of nitrogens with one attached hydrogen (secondary N) is 2. The van der Waals surface area contributed by atoms with Gasteiger partial charge in [0.15, 0.2) is 0 Å². The zero-order valence-electron chi connectivity index (χ0n) is 11.9. The highest BCUT2D eigenvalue weighted by molar-refractivity contribution is 7.80. The first-order valence-corrected chi connectivity index (χ1v) is 8.40. The van der Waals surface area contributed by atoms with Crippen molar-refractivity contribution in [3.8, 4) is 0 Å². The molecule has 0 atom stereocenters. The average Bonchev–Trinajstić information content (AvgIpc) is 2.54. The maximum atomic E-state index is 5.91. The van der Waals surface area contributed by atoms with Gasteiger partial charge in [0.1, 0.15) is 0 Å². The van der Waals surface area contributed by atoms with Crippen LogP contribution in [0.2, 0.25) is 20.1 Å². The van der Waals surface area contributed by atoms with Crippen molar-refractivity contribution in [2.45, 2.75) is 0 Å². The predicted octanol–water partition coefficient (Wildman–Crippen LogP) is 5.13. The monoisotopic (exact) mass is 418 g/mol. The molecule has 2 aromatic rings. The molecule has 0 aliphatic heterocycles. The summed E-state index contributed by atoms with van der Waals surface area (Å²) in [6, 6.07) is 10.3. The maximum Gasteiger partial charge on any atom is 0.207 e. The van der Waals surface area contributed by atoms with E-state index in [4.69, 9.17) is 58.6 Å². The normalized spacial score (nSPS) is 11.2. The van der Waals surface area contributed by atoms with Crippen LogP contribution in [0.4, 0.5) is 0 Å². The van der Waals surface area contributed by atoms with Crippen molar-refractivity contribution in [1.82, 2.24) is 10.9 Å². The quantitative estimate of drug-likeness (QED) is 0.410. The third kappa shape index (κ3) is 5.92. The van der Waals surface area contributed by atoms with Crippen LogP contribution >= 0.6 is 58.6 Å². The molecule has 4 nitrogen and oxygen atoms in total. The molecule has 0 aliphatic carbocycles. The molecule has 124 valence electrons. The van der Waals surface area contributed by atoms with Crippen molar-refractivity contribution in [3.63, 3.8) is 0 Å². The number of hydrogen-bond donors (Lipinski definition) is 2. The van der Waals surface area contributed by atoms with Crippen LogP contribution in [0.1, 0.15) is 11.1 Å². The highest BCUT2D eigenvalue weighted by atomic mass is 35.5. The van der Waals surface area contributed by atoms with E-state index in [9.17, 15) is 0 Å². The van der Waals surface area contributed by atoms with Gasteiger partial charge < -0.3 is 0 Å². The van der Waals surface area contributed by atoms with E-state index >= 15 is 0 Å². The largest absolute Gasteiger partial charge is 0.252 e. The molecule has 2 N–H and O–H groups in total. The van der Waals surface area contributed by atoms with Crippen LogP contribution in [-0.2, 0) is 0 Å². The Morgan fingerprint density at radius 2 is 1.17 bits per heavy atom. The topological polar surface area (TPSA) is 48.8 Å². The van der Waals surface area contributed by atoms with Crippen molar-refractivity contribution >= 4 is 76.2 Å². The van der Waals surface area contributed by atoms with Crippen LogP contribution in [0.25, 0.3) is 0 Å². The lowest BCUT2D eigenvalue weighted by molar-refractivity contribution is 0.935. The summed E-state index contributed by atoms with van der Waals surface area (Å²) in [5.74, 6) is 0. The lowest BCUT2D eigenvalue weighted by Gasteiger charge is -2.02. The van der Waals surface area contributed by atoms with E-state index in [1.807, 2.05) is 0 Å². The number of benzene rings is 2. The van der Waals surface area contributed by atoms with Crippen LogP contribution < -0.4 is 10.9 Å². The Morgan fingerprint density at radius 3 is 1.54 bits per heavy atom. The standard InChI is InChI=1S/C15H10Cl4N4S/c16-11-3-1-9(5-13(11)18)7-20-22-15(24)23-21-8-10-2-4-12(17)14(19)6-10/h1-8H,(H2,22,23,24)/b20-7+,21-8+. The average molecular weight is 420 g/mol. The molecular formula is C15H10Cl4N4S. The van der Waals surface area contributed by atoms with Crippen molar-refractivity contribution in [3.05, 3.63) is 67.6 Å². The van der Waals surface area contributed by atoms with Crippen molar-refractivity contribution in [2.75, 3.05) is 0 Å².